The largest absolute Gasteiger partial charge is 0.368 e. The molecule has 0 bridgehead atoms. The maximum Gasteiger partial charge on any atom is 0.255 e. The van der Waals surface area contributed by atoms with E-state index in [0.29, 0.717) is 26.0 Å². The summed E-state index contributed by atoms with van der Waals surface area (Å²) in [6, 6.07) is 9.05. The summed E-state index contributed by atoms with van der Waals surface area (Å²) in [5.41, 5.74) is 5.64. The van der Waals surface area contributed by atoms with Gasteiger partial charge in [0.2, 0.25) is 5.91 Å². The van der Waals surface area contributed by atoms with Crippen LogP contribution in [-0.4, -0.2) is 35.0 Å². The number of hydrogen-bond donors (Lipinski definition) is 1. The zero-order valence-electron chi connectivity index (χ0n) is 11.2. The Morgan fingerprint density at radius 3 is 2.75 bits per heavy atom. The summed E-state index contributed by atoms with van der Waals surface area (Å²) in [7, 11) is 0. The summed E-state index contributed by atoms with van der Waals surface area (Å²) in [6.45, 7) is 0.981. The highest BCUT2D eigenvalue weighted by Gasteiger charge is 2.55. The molecule has 5 heteroatoms. The number of amides is 2. The van der Waals surface area contributed by atoms with Gasteiger partial charge in [-0.05, 0) is 18.4 Å². The molecule has 2 amide bonds. The summed E-state index contributed by atoms with van der Waals surface area (Å²) in [4.78, 5) is 25.9. The molecule has 2 heterocycles. The Kier molecular flexibility index (Phi) is 3.22. The van der Waals surface area contributed by atoms with Gasteiger partial charge in [-0.15, -0.1) is 0 Å². The Bertz CT molecular complexity index is 523. The van der Waals surface area contributed by atoms with E-state index in [0.717, 1.165) is 12.0 Å². The van der Waals surface area contributed by atoms with Crippen LogP contribution in [0.5, 0.6) is 0 Å². The van der Waals surface area contributed by atoms with Crippen molar-refractivity contribution < 1.29 is 14.3 Å². The van der Waals surface area contributed by atoms with Crippen molar-refractivity contribution in [2.45, 2.75) is 37.5 Å². The van der Waals surface area contributed by atoms with Crippen molar-refractivity contribution >= 4 is 11.8 Å². The SMILES string of the molecule is NC(=O)[C@@H]1C[C@@]2(CCCO2)C(=O)N1Cc1ccccc1. The summed E-state index contributed by atoms with van der Waals surface area (Å²) in [5.74, 6) is -0.552. The molecule has 106 valence electrons. The molecule has 2 fully saturated rings. The van der Waals surface area contributed by atoms with Gasteiger partial charge in [-0.2, -0.15) is 0 Å². The molecule has 2 aliphatic rings. The van der Waals surface area contributed by atoms with E-state index in [9.17, 15) is 9.59 Å². The van der Waals surface area contributed by atoms with Crippen molar-refractivity contribution in [3.8, 4) is 0 Å². The number of carbonyl (C=O) groups is 2. The first-order valence-electron chi connectivity index (χ1n) is 6.91. The summed E-state index contributed by atoms with van der Waals surface area (Å²) >= 11 is 0. The number of likely N-dealkylation sites (tertiary alicyclic amines) is 1. The molecular weight excluding hydrogens is 256 g/mol. The number of nitrogens with zero attached hydrogens (tertiary/aromatic N) is 1. The number of benzene rings is 1. The summed E-state index contributed by atoms with van der Waals surface area (Å²) < 4.78 is 5.66. The second-order valence-corrected chi connectivity index (χ2v) is 5.49. The normalized spacial score (nSPS) is 29.3. The molecule has 0 aliphatic carbocycles. The second kappa shape index (κ2) is 4.90. The van der Waals surface area contributed by atoms with Crippen LogP contribution in [0, 0.1) is 0 Å². The Morgan fingerprint density at radius 1 is 1.40 bits per heavy atom. The Hall–Kier alpha value is -1.88. The van der Waals surface area contributed by atoms with E-state index in [1.807, 2.05) is 30.3 Å². The molecule has 0 aromatic heterocycles. The van der Waals surface area contributed by atoms with E-state index in [4.69, 9.17) is 10.5 Å². The zero-order chi connectivity index (χ0) is 14.2. The van der Waals surface area contributed by atoms with E-state index >= 15 is 0 Å². The average Bonchev–Trinajstić information content (AvgIpc) is 3.02. The molecule has 2 aliphatic heterocycles. The van der Waals surface area contributed by atoms with Crippen LogP contribution < -0.4 is 5.73 Å². The lowest BCUT2D eigenvalue weighted by Gasteiger charge is -2.23. The van der Waals surface area contributed by atoms with Gasteiger partial charge in [0.15, 0.2) is 0 Å². The minimum Gasteiger partial charge on any atom is -0.368 e. The molecule has 1 spiro atoms. The fourth-order valence-corrected chi connectivity index (χ4v) is 3.16. The van der Waals surface area contributed by atoms with E-state index in [-0.39, 0.29) is 5.91 Å². The van der Waals surface area contributed by atoms with Crippen molar-refractivity contribution in [2.75, 3.05) is 6.61 Å². The minimum atomic E-state index is -0.811. The van der Waals surface area contributed by atoms with E-state index in [1.54, 1.807) is 4.90 Å². The van der Waals surface area contributed by atoms with Crippen LogP contribution in [0.2, 0.25) is 0 Å². The molecule has 3 rings (SSSR count). The monoisotopic (exact) mass is 274 g/mol. The topological polar surface area (TPSA) is 72.6 Å². The fourth-order valence-electron chi connectivity index (χ4n) is 3.16. The number of rotatable bonds is 3. The van der Waals surface area contributed by atoms with Gasteiger partial charge < -0.3 is 15.4 Å². The molecular formula is C15H18N2O3. The first-order valence-corrected chi connectivity index (χ1v) is 6.91. The molecule has 1 aromatic carbocycles. The molecule has 5 nitrogen and oxygen atoms in total. The maximum atomic E-state index is 12.6. The van der Waals surface area contributed by atoms with Crippen molar-refractivity contribution in [3.63, 3.8) is 0 Å². The van der Waals surface area contributed by atoms with Gasteiger partial charge in [-0.25, -0.2) is 0 Å². The maximum absolute atomic E-state index is 12.6. The van der Waals surface area contributed by atoms with Crippen LogP contribution in [-0.2, 0) is 20.9 Å². The van der Waals surface area contributed by atoms with Gasteiger partial charge in [0.1, 0.15) is 11.6 Å². The van der Waals surface area contributed by atoms with E-state index in [2.05, 4.69) is 0 Å². The second-order valence-electron chi connectivity index (χ2n) is 5.49. The van der Waals surface area contributed by atoms with Crippen molar-refractivity contribution in [1.82, 2.24) is 4.90 Å². The standard InChI is InChI=1S/C15H18N2O3/c16-13(18)12-9-15(7-4-8-20-15)14(19)17(12)10-11-5-2-1-3-6-11/h1-3,5-6,12H,4,7-10H2,(H2,16,18)/t12-,15-/m0/s1. The highest BCUT2D eigenvalue weighted by Crippen LogP contribution is 2.40. The first-order chi connectivity index (χ1) is 9.62. The van der Waals surface area contributed by atoms with Gasteiger partial charge in [0.05, 0.1) is 0 Å². The number of ether oxygens (including phenoxy) is 1. The third-order valence-electron chi connectivity index (χ3n) is 4.18. The molecule has 2 atom stereocenters. The molecule has 1 aromatic rings. The van der Waals surface area contributed by atoms with Gasteiger partial charge >= 0.3 is 0 Å². The van der Waals surface area contributed by atoms with Crippen LogP contribution in [0.4, 0.5) is 0 Å². The van der Waals surface area contributed by atoms with E-state index < -0.39 is 17.6 Å². The van der Waals surface area contributed by atoms with Gasteiger partial charge in [0, 0.05) is 19.6 Å². The first kappa shape index (κ1) is 13.1. The Balaban J connectivity index is 1.87. The van der Waals surface area contributed by atoms with Gasteiger partial charge in [-0.1, -0.05) is 30.3 Å². The predicted molar refractivity (Wildman–Crippen MR) is 72.5 cm³/mol. The number of primary amides is 1. The van der Waals surface area contributed by atoms with Crippen LogP contribution >= 0.6 is 0 Å². The lowest BCUT2D eigenvalue weighted by Crippen LogP contribution is -2.43. The highest BCUT2D eigenvalue weighted by atomic mass is 16.5. The third-order valence-corrected chi connectivity index (χ3v) is 4.18. The smallest absolute Gasteiger partial charge is 0.255 e. The van der Waals surface area contributed by atoms with Crippen molar-refractivity contribution in [3.05, 3.63) is 35.9 Å². The van der Waals surface area contributed by atoms with Crippen molar-refractivity contribution in [1.29, 1.82) is 0 Å². The van der Waals surface area contributed by atoms with Gasteiger partial charge in [-0.3, -0.25) is 9.59 Å². The Morgan fingerprint density at radius 2 is 2.15 bits per heavy atom. The van der Waals surface area contributed by atoms with Crippen LogP contribution in [0.3, 0.4) is 0 Å². The quantitative estimate of drug-likeness (QED) is 0.887. The molecule has 0 radical (unpaired) electrons. The zero-order valence-corrected chi connectivity index (χ0v) is 11.2. The predicted octanol–water partition coefficient (Wildman–Crippen LogP) is 0.822. The fraction of sp³-hybridized carbons (Fsp3) is 0.467. The number of carbonyl (C=O) groups excluding carboxylic acids is 2. The third kappa shape index (κ3) is 2.08. The van der Waals surface area contributed by atoms with Crippen LogP contribution in [0.25, 0.3) is 0 Å². The highest BCUT2D eigenvalue weighted by molar-refractivity contribution is 5.95. The molecule has 20 heavy (non-hydrogen) atoms. The minimum absolute atomic E-state index is 0.0948. The van der Waals surface area contributed by atoms with Gasteiger partial charge in [0.25, 0.3) is 5.91 Å². The molecule has 2 saturated heterocycles. The summed E-state index contributed by atoms with van der Waals surface area (Å²) in [5, 5.41) is 0. The Labute approximate surface area is 117 Å². The number of nitrogens with two attached hydrogens (primary N) is 1. The lowest BCUT2D eigenvalue weighted by molar-refractivity contribution is -0.146. The van der Waals surface area contributed by atoms with Crippen molar-refractivity contribution in [2.24, 2.45) is 5.73 Å². The number of hydrogen-bond acceptors (Lipinski definition) is 3. The molecule has 2 N–H and O–H groups in total. The molecule has 0 saturated carbocycles. The summed E-state index contributed by atoms with van der Waals surface area (Å²) in [6.07, 6.45) is 1.92. The molecule has 0 unspecified atom stereocenters. The lowest BCUT2D eigenvalue weighted by atomic mass is 9.96. The van der Waals surface area contributed by atoms with Crippen LogP contribution in [0.15, 0.2) is 30.3 Å². The van der Waals surface area contributed by atoms with Crippen LogP contribution in [0.1, 0.15) is 24.8 Å². The average molecular weight is 274 g/mol. The van der Waals surface area contributed by atoms with E-state index in [1.165, 1.54) is 0 Å².